The van der Waals surface area contributed by atoms with Gasteiger partial charge in [0.2, 0.25) is 0 Å². The van der Waals surface area contributed by atoms with Gasteiger partial charge in [0.15, 0.2) is 0 Å². The summed E-state index contributed by atoms with van der Waals surface area (Å²) in [5, 5.41) is 15.2. The second-order valence-corrected chi connectivity index (χ2v) is 6.57. The molecule has 128 valence electrons. The molecule has 0 atom stereocenters. The number of hydrogen-bond acceptors (Lipinski definition) is 4. The Hall–Kier alpha value is -2.96. The maximum absolute atomic E-state index is 12.5. The van der Waals surface area contributed by atoms with Crippen LogP contribution in [0.1, 0.15) is 42.9 Å². The predicted octanol–water partition coefficient (Wildman–Crippen LogP) is 3.56. The number of nitro groups is 1. The summed E-state index contributed by atoms with van der Waals surface area (Å²) in [6.45, 7) is 1.94. The Morgan fingerprint density at radius 2 is 1.92 bits per heavy atom. The molecule has 2 aromatic heterocycles. The molecule has 0 radical (unpaired) electrons. The van der Waals surface area contributed by atoms with Crippen molar-refractivity contribution in [1.82, 2.24) is 14.6 Å². The molecule has 7 heteroatoms. The molecule has 1 aliphatic rings. The van der Waals surface area contributed by atoms with Crippen LogP contribution in [0.25, 0.3) is 16.9 Å². The third-order valence-corrected chi connectivity index (χ3v) is 4.99. The topological polar surface area (TPSA) is 93.3 Å². The largest absolute Gasteiger partial charge is 0.339 e. The molecule has 2 heterocycles. The van der Waals surface area contributed by atoms with Crippen molar-refractivity contribution in [3.8, 4) is 11.3 Å². The first-order valence-corrected chi connectivity index (χ1v) is 8.42. The molecule has 0 unspecified atom stereocenters. The summed E-state index contributed by atoms with van der Waals surface area (Å²) < 4.78 is 1.43. The zero-order chi connectivity index (χ0) is 17.6. The molecule has 0 aliphatic heterocycles. The molecule has 0 saturated heterocycles. The van der Waals surface area contributed by atoms with Crippen LogP contribution < -0.4 is 5.56 Å². The molecule has 3 aromatic rings. The summed E-state index contributed by atoms with van der Waals surface area (Å²) in [5.74, 6) is 0.431. The fraction of sp³-hybridized carbons (Fsp3) is 0.333. The fourth-order valence-electron chi connectivity index (χ4n) is 3.79. The van der Waals surface area contributed by atoms with Gasteiger partial charge in [-0.05, 0) is 43.4 Å². The lowest BCUT2D eigenvalue weighted by Crippen LogP contribution is -2.14. The minimum Gasteiger partial charge on any atom is -0.339 e. The molecule has 1 N–H and O–H groups in total. The molecule has 0 amide bonds. The number of fused-ring (bicyclic) bond motifs is 1. The Kier molecular flexibility index (Phi) is 3.63. The Morgan fingerprint density at radius 3 is 2.56 bits per heavy atom. The van der Waals surface area contributed by atoms with Crippen LogP contribution in [0.2, 0.25) is 0 Å². The van der Waals surface area contributed by atoms with Gasteiger partial charge in [0.05, 0.1) is 16.3 Å². The molecule has 25 heavy (non-hydrogen) atoms. The normalized spacial score (nSPS) is 15.1. The van der Waals surface area contributed by atoms with Gasteiger partial charge < -0.3 is 4.98 Å². The summed E-state index contributed by atoms with van der Waals surface area (Å²) in [5.41, 5.74) is 3.96. The highest BCUT2D eigenvalue weighted by molar-refractivity contribution is 5.65. The van der Waals surface area contributed by atoms with Crippen LogP contribution >= 0.6 is 0 Å². The second kappa shape index (κ2) is 5.84. The maximum Gasteiger partial charge on any atom is 0.274 e. The van der Waals surface area contributed by atoms with E-state index in [0.29, 0.717) is 11.6 Å². The van der Waals surface area contributed by atoms with Crippen molar-refractivity contribution in [3.05, 3.63) is 62.1 Å². The van der Waals surface area contributed by atoms with Gasteiger partial charge in [-0.3, -0.25) is 14.9 Å². The van der Waals surface area contributed by atoms with E-state index in [2.05, 4.69) is 10.1 Å². The van der Waals surface area contributed by atoms with Crippen molar-refractivity contribution < 1.29 is 4.92 Å². The molecule has 1 fully saturated rings. The highest BCUT2D eigenvalue weighted by Gasteiger charge is 2.24. The van der Waals surface area contributed by atoms with Crippen LogP contribution in [0.15, 0.2) is 35.1 Å². The van der Waals surface area contributed by atoms with Crippen LogP contribution in [0.5, 0.6) is 0 Å². The maximum atomic E-state index is 12.5. The number of benzene rings is 1. The van der Waals surface area contributed by atoms with E-state index in [1.807, 2.05) is 6.92 Å². The first-order chi connectivity index (χ1) is 12.0. The minimum absolute atomic E-state index is 0.0269. The van der Waals surface area contributed by atoms with E-state index in [1.54, 1.807) is 12.1 Å². The van der Waals surface area contributed by atoms with Gasteiger partial charge in [-0.1, -0.05) is 12.8 Å². The number of hydrogen-bond donors (Lipinski definition) is 1. The average molecular weight is 338 g/mol. The number of rotatable bonds is 3. The van der Waals surface area contributed by atoms with Gasteiger partial charge in [0.25, 0.3) is 11.2 Å². The van der Waals surface area contributed by atoms with Gasteiger partial charge >= 0.3 is 0 Å². The number of nitrogens with one attached hydrogen (secondary N) is 1. The van der Waals surface area contributed by atoms with Crippen molar-refractivity contribution in [3.63, 3.8) is 0 Å². The molecular formula is C18H18N4O3. The number of aromatic nitrogens is 3. The molecule has 0 spiro atoms. The first-order valence-electron chi connectivity index (χ1n) is 8.42. The summed E-state index contributed by atoms with van der Waals surface area (Å²) in [6.07, 6.45) is 4.64. The molecule has 0 bridgehead atoms. The quantitative estimate of drug-likeness (QED) is 0.583. The number of nitro benzene ring substituents is 1. The second-order valence-electron chi connectivity index (χ2n) is 6.57. The van der Waals surface area contributed by atoms with Crippen LogP contribution in [0, 0.1) is 17.0 Å². The predicted molar refractivity (Wildman–Crippen MR) is 93.8 cm³/mol. The minimum atomic E-state index is -0.436. The van der Waals surface area contributed by atoms with Crippen LogP contribution in [0.4, 0.5) is 5.69 Å². The standard InChI is InChI=1S/C18H18N4O3/c1-11-17(13-4-2-3-5-13)18-19-15(10-16(23)21(18)20-11)12-6-8-14(9-7-12)22(24)25/h6-10,13,19H,2-5H2,1H3. The van der Waals surface area contributed by atoms with Crippen molar-refractivity contribution in [2.24, 2.45) is 0 Å². The zero-order valence-corrected chi connectivity index (χ0v) is 13.9. The van der Waals surface area contributed by atoms with E-state index < -0.39 is 4.92 Å². The van der Waals surface area contributed by atoms with E-state index in [1.165, 1.54) is 35.6 Å². The Morgan fingerprint density at radius 1 is 1.24 bits per heavy atom. The first kappa shape index (κ1) is 15.6. The number of aryl methyl sites for hydroxylation is 1. The highest BCUT2D eigenvalue weighted by Crippen LogP contribution is 2.37. The Balaban J connectivity index is 1.86. The number of nitrogens with zero attached hydrogens (tertiary/aromatic N) is 3. The van der Waals surface area contributed by atoms with Crippen molar-refractivity contribution in [2.75, 3.05) is 0 Å². The lowest BCUT2D eigenvalue weighted by atomic mass is 9.98. The molecule has 4 rings (SSSR count). The summed E-state index contributed by atoms with van der Waals surface area (Å²) in [4.78, 5) is 26.2. The van der Waals surface area contributed by atoms with Crippen LogP contribution in [-0.2, 0) is 0 Å². The Labute approximate surface area is 143 Å². The van der Waals surface area contributed by atoms with E-state index in [9.17, 15) is 14.9 Å². The third-order valence-electron chi connectivity index (χ3n) is 4.99. The SMILES string of the molecule is Cc1nn2c(=O)cc(-c3ccc([N+](=O)[O-])cc3)[nH]c2c1C1CCCC1. The van der Waals surface area contributed by atoms with E-state index in [-0.39, 0.29) is 11.2 Å². The average Bonchev–Trinajstić information content (AvgIpc) is 3.22. The van der Waals surface area contributed by atoms with Gasteiger partial charge in [0.1, 0.15) is 5.65 Å². The van der Waals surface area contributed by atoms with Gasteiger partial charge in [-0.25, -0.2) is 0 Å². The van der Waals surface area contributed by atoms with Gasteiger partial charge in [-0.2, -0.15) is 9.61 Å². The molecular weight excluding hydrogens is 320 g/mol. The van der Waals surface area contributed by atoms with Crippen LogP contribution in [0.3, 0.4) is 0 Å². The lowest BCUT2D eigenvalue weighted by Gasteiger charge is -2.09. The molecule has 1 saturated carbocycles. The summed E-state index contributed by atoms with van der Waals surface area (Å²) in [7, 11) is 0. The fourth-order valence-corrected chi connectivity index (χ4v) is 3.79. The van der Waals surface area contributed by atoms with E-state index in [4.69, 9.17) is 0 Å². The number of aromatic amines is 1. The number of H-pyrrole nitrogens is 1. The number of non-ortho nitro benzene ring substituents is 1. The highest BCUT2D eigenvalue weighted by atomic mass is 16.6. The molecule has 1 aliphatic carbocycles. The van der Waals surface area contributed by atoms with Crippen LogP contribution in [-0.4, -0.2) is 19.5 Å². The Bertz CT molecular complexity index is 1010. The van der Waals surface area contributed by atoms with Crippen molar-refractivity contribution in [2.45, 2.75) is 38.5 Å². The van der Waals surface area contributed by atoms with Gasteiger partial charge in [-0.15, -0.1) is 0 Å². The van der Waals surface area contributed by atoms with Gasteiger partial charge in [0, 0.05) is 23.8 Å². The monoisotopic (exact) mass is 338 g/mol. The third kappa shape index (κ3) is 2.61. The molecule has 7 nitrogen and oxygen atoms in total. The van der Waals surface area contributed by atoms with Crippen molar-refractivity contribution >= 4 is 11.3 Å². The smallest absolute Gasteiger partial charge is 0.274 e. The zero-order valence-electron chi connectivity index (χ0n) is 13.9. The molecule has 1 aromatic carbocycles. The van der Waals surface area contributed by atoms with E-state index in [0.717, 1.165) is 35.3 Å². The summed E-state index contributed by atoms with van der Waals surface area (Å²) >= 11 is 0. The van der Waals surface area contributed by atoms with Crippen molar-refractivity contribution in [1.29, 1.82) is 0 Å². The van der Waals surface area contributed by atoms with E-state index >= 15 is 0 Å². The summed E-state index contributed by atoms with van der Waals surface area (Å²) in [6, 6.07) is 7.67. The lowest BCUT2D eigenvalue weighted by molar-refractivity contribution is -0.384.